The first kappa shape index (κ1) is 18.5. The Morgan fingerprint density at radius 2 is 1.69 bits per heavy atom. The molecule has 0 aromatic heterocycles. The van der Waals surface area contributed by atoms with Crippen molar-refractivity contribution in [2.45, 2.75) is 26.2 Å². The predicted molar refractivity (Wildman–Crippen MR) is 66.8 cm³/mol. The van der Waals surface area contributed by atoms with Crippen LogP contribution in [0, 0.1) is 0 Å². The van der Waals surface area contributed by atoms with Crippen molar-refractivity contribution in [1.29, 1.82) is 0 Å². The zero-order chi connectivity index (χ0) is 10.8. The van der Waals surface area contributed by atoms with Crippen LogP contribution in [0.25, 0.3) is 0 Å². The minimum atomic E-state index is 0. The normalized spacial score (nSPS) is 9.69. The topological polar surface area (TPSA) is 18.5 Å². The first-order valence-electron chi connectivity index (χ1n) is 4.51. The summed E-state index contributed by atoms with van der Waals surface area (Å²) in [4.78, 5) is 0. The van der Waals surface area contributed by atoms with Crippen LogP contribution >= 0.6 is 24.8 Å². The predicted octanol–water partition coefficient (Wildman–Crippen LogP) is 3.68. The fourth-order valence-corrected chi connectivity index (χ4v) is 1.65. The van der Waals surface area contributed by atoms with Crippen LogP contribution in [-0.2, 0) is 26.2 Å². The van der Waals surface area contributed by atoms with E-state index in [0.29, 0.717) is 0 Å². The summed E-state index contributed by atoms with van der Waals surface area (Å²) < 4.78 is 10.6. The molecular formula is C11H17Cl2O2Ti. The Labute approximate surface area is 122 Å². The maximum Gasteiger partial charge on any atom is -0.147 e. The molecule has 0 unspecified atom stereocenters. The molecule has 5 heteroatoms. The summed E-state index contributed by atoms with van der Waals surface area (Å²) >= 11 is 1.66. The molecule has 0 heterocycles. The largest absolute Gasteiger partial charge is 0.147 e. The second kappa shape index (κ2) is 7.44. The monoisotopic (exact) mass is 299 g/mol. The number of para-hydroxylation sites is 1. The molecule has 2 nitrogen and oxygen atoms in total. The third kappa shape index (κ3) is 4.17. The van der Waals surface area contributed by atoms with Crippen LogP contribution in [0.15, 0.2) is 18.2 Å². The van der Waals surface area contributed by atoms with Gasteiger partial charge in [-0.15, -0.1) is 24.8 Å². The minimum Gasteiger partial charge on any atom is -0.147 e. The Kier molecular flexibility index (Phi) is 8.59. The molecule has 0 radical (unpaired) electrons. The molecule has 0 saturated heterocycles. The Morgan fingerprint density at radius 1 is 1.12 bits per heavy atom. The van der Waals surface area contributed by atoms with Crippen molar-refractivity contribution >= 4 is 24.8 Å². The van der Waals surface area contributed by atoms with E-state index in [2.05, 4.69) is 26.8 Å². The van der Waals surface area contributed by atoms with E-state index in [1.165, 1.54) is 5.56 Å². The molecule has 91 valence electrons. The summed E-state index contributed by atoms with van der Waals surface area (Å²) in [5.41, 5.74) is 1.24. The molecule has 0 aliphatic heterocycles. The van der Waals surface area contributed by atoms with Gasteiger partial charge in [0.2, 0.25) is 0 Å². The standard InChI is InChI=1S/C11H16O2.2ClH.Ti/c1-11(2,3)8-6-5-7-9(12)10(8)13-4;;;/h5-7,12H,1-4H3;2*1H;/q;;;+1/p-1. The summed E-state index contributed by atoms with van der Waals surface area (Å²) in [6.07, 6.45) is 0. The number of halogens is 2. The van der Waals surface area contributed by atoms with E-state index in [1.54, 1.807) is 27.9 Å². The fourth-order valence-electron chi connectivity index (χ4n) is 1.40. The molecule has 0 amide bonds. The van der Waals surface area contributed by atoms with E-state index in [9.17, 15) is 0 Å². The average Bonchev–Trinajstić information content (AvgIpc) is 2.15. The van der Waals surface area contributed by atoms with E-state index in [0.717, 1.165) is 11.5 Å². The zero-order valence-corrected chi connectivity index (χ0v) is 13.1. The van der Waals surface area contributed by atoms with Gasteiger partial charge in [0.1, 0.15) is 0 Å². The second-order valence-corrected chi connectivity index (χ2v) is 4.51. The molecule has 1 aromatic rings. The Bertz CT molecular complexity index is 324. The number of methoxy groups -OCH3 is 1. The number of hydrogen-bond donors (Lipinski definition) is 0. The van der Waals surface area contributed by atoms with E-state index >= 15 is 0 Å². The Morgan fingerprint density at radius 3 is 2.06 bits per heavy atom. The van der Waals surface area contributed by atoms with E-state index < -0.39 is 0 Å². The van der Waals surface area contributed by atoms with Crippen molar-refractivity contribution in [1.82, 2.24) is 0 Å². The van der Waals surface area contributed by atoms with Crippen LogP contribution in [0.4, 0.5) is 0 Å². The summed E-state index contributed by atoms with van der Waals surface area (Å²) in [6.45, 7) is 6.47. The number of benzene rings is 1. The van der Waals surface area contributed by atoms with Crippen LogP contribution < -0.4 is 8.06 Å². The van der Waals surface area contributed by atoms with Gasteiger partial charge in [0, 0.05) is 0 Å². The molecule has 0 bridgehead atoms. The summed E-state index contributed by atoms with van der Waals surface area (Å²) in [6, 6.07) is 5.97. The molecular weight excluding hydrogens is 283 g/mol. The van der Waals surface area contributed by atoms with Crippen LogP contribution in [-0.4, -0.2) is 7.11 Å². The minimum absolute atomic E-state index is 0. The van der Waals surface area contributed by atoms with E-state index in [-0.39, 0.29) is 30.2 Å². The van der Waals surface area contributed by atoms with Crippen molar-refractivity contribution in [2.75, 3.05) is 7.11 Å². The maximum atomic E-state index is 5.37. The Hall–Kier alpha value is 0.114. The van der Waals surface area contributed by atoms with Crippen molar-refractivity contribution in [3.05, 3.63) is 23.8 Å². The van der Waals surface area contributed by atoms with Gasteiger partial charge >= 0.3 is 97.4 Å². The van der Waals surface area contributed by atoms with Crippen molar-refractivity contribution in [3.63, 3.8) is 0 Å². The van der Waals surface area contributed by atoms with Gasteiger partial charge in [0.25, 0.3) is 0 Å². The van der Waals surface area contributed by atoms with Gasteiger partial charge in [-0.05, 0) is 0 Å². The van der Waals surface area contributed by atoms with Gasteiger partial charge in [0.15, 0.2) is 0 Å². The molecule has 0 atom stereocenters. The van der Waals surface area contributed by atoms with E-state index in [4.69, 9.17) is 8.06 Å². The SMILES string of the molecule is COc1c([O][Ti])cccc1C(C)(C)C.Cl.Cl. The van der Waals surface area contributed by atoms with Gasteiger partial charge in [-0.2, -0.15) is 0 Å². The molecule has 1 aromatic carbocycles. The third-order valence-electron chi connectivity index (χ3n) is 2.10. The van der Waals surface area contributed by atoms with Crippen molar-refractivity contribution in [2.24, 2.45) is 0 Å². The molecule has 0 aliphatic rings. The second-order valence-electron chi connectivity index (χ2n) is 4.19. The summed E-state index contributed by atoms with van der Waals surface area (Å²) in [5, 5.41) is 0. The number of ether oxygens (including phenoxy) is 1. The molecule has 0 saturated carbocycles. The van der Waals surface area contributed by atoms with Crippen LogP contribution in [0.5, 0.6) is 11.5 Å². The van der Waals surface area contributed by atoms with Gasteiger partial charge in [-0.1, -0.05) is 0 Å². The van der Waals surface area contributed by atoms with E-state index in [1.807, 2.05) is 12.1 Å². The van der Waals surface area contributed by atoms with Gasteiger partial charge in [-0.3, -0.25) is 0 Å². The first-order chi connectivity index (χ1) is 6.50. The molecule has 1 rings (SSSR count). The van der Waals surface area contributed by atoms with Crippen LogP contribution in [0.1, 0.15) is 26.3 Å². The average molecular weight is 300 g/mol. The van der Waals surface area contributed by atoms with Crippen molar-refractivity contribution < 1.29 is 28.9 Å². The maximum absolute atomic E-state index is 5.37. The smallest absolute Gasteiger partial charge is 0.147 e. The van der Waals surface area contributed by atoms with Crippen LogP contribution in [0.2, 0.25) is 0 Å². The molecule has 0 spiro atoms. The molecule has 0 aliphatic carbocycles. The zero-order valence-electron chi connectivity index (χ0n) is 9.87. The van der Waals surface area contributed by atoms with Crippen molar-refractivity contribution in [3.8, 4) is 11.5 Å². The first-order valence-corrected chi connectivity index (χ1v) is 5.15. The number of rotatable bonds is 2. The molecule has 0 N–H and O–H groups in total. The number of hydrogen-bond acceptors (Lipinski definition) is 2. The van der Waals surface area contributed by atoms with Gasteiger partial charge in [-0.25, -0.2) is 0 Å². The van der Waals surface area contributed by atoms with Gasteiger partial charge < -0.3 is 0 Å². The van der Waals surface area contributed by atoms with Gasteiger partial charge in [0.05, 0.1) is 0 Å². The van der Waals surface area contributed by atoms with Crippen LogP contribution in [0.3, 0.4) is 0 Å². The molecule has 0 fully saturated rings. The Balaban J connectivity index is 0. The fraction of sp³-hybridized carbons (Fsp3) is 0.455. The molecule has 16 heavy (non-hydrogen) atoms. The summed E-state index contributed by atoms with van der Waals surface area (Å²) in [7, 11) is 1.67. The summed E-state index contributed by atoms with van der Waals surface area (Å²) in [5.74, 6) is 1.63. The quantitative estimate of drug-likeness (QED) is 0.776. The third-order valence-corrected chi connectivity index (χ3v) is 2.44.